The molecule has 9 rings (SSSR count). The number of aliphatic hydroxyl groups is 6. The van der Waals surface area contributed by atoms with E-state index in [1.807, 2.05) is 12.1 Å². The molecule has 4 saturated heterocycles. The largest absolute Gasteiger partial charge is 0.504 e. The van der Waals surface area contributed by atoms with E-state index in [9.17, 15) is 83.0 Å². The van der Waals surface area contributed by atoms with Crippen molar-refractivity contribution >= 4 is 74.5 Å². The number of carbonyl (C=O) groups is 7. The maximum atomic E-state index is 14.7. The summed E-state index contributed by atoms with van der Waals surface area (Å²) in [6.45, 7) is 4.05. The number of aliphatic hydroxyl groups excluding tert-OH is 6. The van der Waals surface area contributed by atoms with Gasteiger partial charge in [-0.25, -0.2) is 9.50 Å². The van der Waals surface area contributed by atoms with Crippen LogP contribution in [-0.4, -0.2) is 254 Å². The predicted octanol–water partition coefficient (Wildman–Crippen LogP) is -0.553. The number of phenols is 1. The highest BCUT2D eigenvalue weighted by Gasteiger charge is 2.50. The summed E-state index contributed by atoms with van der Waals surface area (Å²) in [5, 5.41) is 96.5. The minimum atomic E-state index is -4.72. The van der Waals surface area contributed by atoms with Gasteiger partial charge in [0.05, 0.1) is 54.6 Å². The van der Waals surface area contributed by atoms with Crippen molar-refractivity contribution in [3.05, 3.63) is 84.1 Å². The zero-order valence-corrected chi connectivity index (χ0v) is 55.3. The molecule has 0 radical (unpaired) electrons. The molecular weight excluding hydrogens is 1310 g/mol. The van der Waals surface area contributed by atoms with Crippen LogP contribution in [0.4, 0.5) is 5.69 Å². The first kappa shape index (κ1) is 73.6. The number of nitrogens with zero attached hydrogens (tertiary/aromatic N) is 6. The predicted molar refractivity (Wildman–Crippen MR) is 351 cm³/mol. The molecule has 4 aliphatic heterocycles. The van der Waals surface area contributed by atoms with Crippen LogP contribution in [0.15, 0.2) is 72.9 Å². The lowest BCUT2D eigenvalue weighted by molar-refractivity contribution is -0.147. The Balaban J connectivity index is 0.934. The van der Waals surface area contributed by atoms with E-state index < -0.39 is 175 Å². The number of ether oxygens (including phenoxy) is 2. The van der Waals surface area contributed by atoms with E-state index in [0.717, 1.165) is 104 Å². The normalized spacial score (nSPS) is 25.7. The summed E-state index contributed by atoms with van der Waals surface area (Å²) in [7, 11) is 1.71. The second-order valence-corrected chi connectivity index (χ2v) is 27.0. The molecule has 0 unspecified atom stereocenters. The third kappa shape index (κ3) is 18.6. The molecule has 4 fully saturated rings. The van der Waals surface area contributed by atoms with E-state index in [0.29, 0.717) is 16.2 Å². The summed E-state index contributed by atoms with van der Waals surface area (Å²) in [4.78, 5) is 111. The number of hydrogen-bond donors (Lipinski definition) is 16. The van der Waals surface area contributed by atoms with Gasteiger partial charge in [0.2, 0.25) is 40.4 Å². The number of anilines is 1. The van der Waals surface area contributed by atoms with E-state index in [4.69, 9.17) is 25.3 Å². The number of aromatic hydroxyl groups is 1. The molecule has 13 atom stereocenters. The number of nitrogens with two attached hydrogens (primary N) is 1. The molecule has 5 aromatic rings. The van der Waals surface area contributed by atoms with Crippen LogP contribution in [0.25, 0.3) is 26.8 Å². The van der Waals surface area contributed by atoms with Crippen LogP contribution < -0.4 is 41.4 Å². The van der Waals surface area contributed by atoms with Crippen LogP contribution >= 0.6 is 22.5 Å². The highest BCUT2D eigenvalue weighted by molar-refractivity contribution is 8.15. The Hall–Kier alpha value is -7.68. The number of methoxy groups -OCH3 is 1. The van der Waals surface area contributed by atoms with E-state index >= 15 is 0 Å². The second-order valence-electron chi connectivity index (χ2n) is 24.9. The van der Waals surface area contributed by atoms with Gasteiger partial charge in [0.15, 0.2) is 11.5 Å². The van der Waals surface area contributed by atoms with Crippen LogP contribution in [0.3, 0.4) is 0 Å². The Morgan fingerprint density at radius 2 is 1.45 bits per heavy atom. The first-order valence-corrected chi connectivity index (χ1v) is 34.3. The summed E-state index contributed by atoms with van der Waals surface area (Å²) in [6, 6.07) is 6.08. The lowest BCUT2D eigenvalue weighted by Crippen LogP contribution is -2.64. The minimum absolute atomic E-state index is 0.0148. The number of unbranched alkanes of at least 4 members (excludes halogenated alkanes) is 2. The van der Waals surface area contributed by atoms with Crippen LogP contribution in [0.1, 0.15) is 81.1 Å². The molecule has 6 heterocycles. The maximum Gasteiger partial charge on any atom is 0.266 e. The Morgan fingerprint density at radius 3 is 2.12 bits per heavy atom. The smallest absolute Gasteiger partial charge is 0.266 e. The van der Waals surface area contributed by atoms with E-state index in [1.54, 1.807) is 30.0 Å². The molecule has 4 aliphatic rings. The van der Waals surface area contributed by atoms with Gasteiger partial charge in [0.1, 0.15) is 41.3 Å². The van der Waals surface area contributed by atoms with Gasteiger partial charge in [0, 0.05) is 101 Å². The van der Waals surface area contributed by atoms with Crippen LogP contribution in [-0.2, 0) is 44.7 Å². The lowest BCUT2D eigenvalue weighted by Gasteiger charge is -2.34. The van der Waals surface area contributed by atoms with Gasteiger partial charge in [0.25, 0.3) is 17.1 Å². The van der Waals surface area contributed by atoms with Gasteiger partial charge >= 0.3 is 0 Å². The molecule has 0 bridgehead atoms. The van der Waals surface area contributed by atoms with Crippen LogP contribution in [0.2, 0.25) is 0 Å². The topological polar surface area (TPSA) is 476 Å². The van der Waals surface area contributed by atoms with E-state index in [2.05, 4.69) is 47.8 Å². The molecule has 0 saturated carbocycles. The monoisotopic (exact) mass is 1390 g/mol. The average molecular weight is 1400 g/mol. The van der Waals surface area contributed by atoms with Gasteiger partial charge < -0.3 is 96.4 Å². The Morgan fingerprint density at radius 1 is 0.784 bits per heavy atom. The SMILES string of the molecule is COCCCCCOC1CCN(c2ccc(-c3nn4cc(-c5ccc(C(=O)N[C@H]6C[C@@H](O)CNC(=O)[C@@H]7[C@@H](O)[C@@H](C)CN7C(=O)[C@H]([C@H](O)CCN)NC(=O)[C@H]([C@H](O)Cc7ccc(O)c(OS(O)(O)O)c7)NC(=O)[C@@H]7C[C@@H](O)CN7C(=O)[C@H]([C@@H](C)O)NC6=O)cc5)nc4s3)cc2)CC1. The molecule has 530 valence electrons. The summed E-state index contributed by atoms with van der Waals surface area (Å²) in [5.74, 6) is -10.2. The number of β-amino-alcohol motifs (C(OH)–C–C–N with tert-alkyl or cyclic N) is 1. The zero-order chi connectivity index (χ0) is 70.0. The van der Waals surface area contributed by atoms with Gasteiger partial charge in [-0.3, -0.25) is 47.2 Å². The summed E-state index contributed by atoms with van der Waals surface area (Å²) in [5.41, 5.74) is 8.91. The quantitative estimate of drug-likeness (QED) is 0.0410. The zero-order valence-electron chi connectivity index (χ0n) is 53.7. The van der Waals surface area contributed by atoms with Crippen LogP contribution in [0, 0.1) is 5.92 Å². The van der Waals surface area contributed by atoms with Gasteiger partial charge in [-0.2, -0.15) is 5.10 Å². The number of phenolic OH excluding ortho intramolecular Hbond substituents is 1. The number of aromatic nitrogens is 3. The summed E-state index contributed by atoms with van der Waals surface area (Å²) in [6.07, 6.45) is -5.62. The average Bonchev–Trinajstić information content (AvgIpc) is 1.70. The lowest BCUT2D eigenvalue weighted by atomic mass is 9.98. The number of imidazole rings is 1. The van der Waals surface area contributed by atoms with Gasteiger partial charge in [-0.05, 0) is 106 Å². The molecule has 3 aromatic carbocycles. The summed E-state index contributed by atoms with van der Waals surface area (Å²) >= 11 is -3.33. The van der Waals surface area contributed by atoms with Crippen molar-refractivity contribution in [2.24, 2.45) is 11.7 Å². The van der Waals surface area contributed by atoms with Crippen molar-refractivity contribution in [3.8, 4) is 33.3 Å². The third-order valence-corrected chi connectivity index (χ3v) is 19.0. The van der Waals surface area contributed by atoms with Crippen molar-refractivity contribution < 1.29 is 96.6 Å². The number of fused-ring (bicyclic) bond motifs is 3. The molecule has 0 aliphatic carbocycles. The first-order chi connectivity index (χ1) is 46.2. The summed E-state index contributed by atoms with van der Waals surface area (Å²) < 4.78 is 46.2. The highest BCUT2D eigenvalue weighted by atomic mass is 32.3. The Labute approximate surface area is 563 Å². The molecule has 7 amide bonds. The minimum Gasteiger partial charge on any atom is -0.504 e. The first-order valence-electron chi connectivity index (χ1n) is 32.0. The van der Waals surface area contributed by atoms with E-state index in [-0.39, 0.29) is 36.7 Å². The molecule has 97 heavy (non-hydrogen) atoms. The number of amides is 7. The number of carbonyl (C=O) groups excluding carboxylic acids is 7. The van der Waals surface area contributed by atoms with E-state index in [1.165, 1.54) is 36.5 Å². The van der Waals surface area contributed by atoms with Crippen molar-refractivity contribution in [1.29, 1.82) is 0 Å². The van der Waals surface area contributed by atoms with Crippen molar-refractivity contribution in [2.45, 2.75) is 151 Å². The fraction of sp³-hybridized carbons (Fsp3) is 0.540. The molecular formula is C63H86N12O20S2. The van der Waals surface area contributed by atoms with Crippen molar-refractivity contribution in [2.75, 3.05) is 64.5 Å². The third-order valence-electron chi connectivity index (χ3n) is 17.6. The van der Waals surface area contributed by atoms with Gasteiger partial charge in [-0.1, -0.05) is 36.5 Å². The maximum absolute atomic E-state index is 14.7. The Bertz CT molecular complexity index is 3520. The number of nitrogens with one attached hydrogen (secondary N) is 5. The van der Waals surface area contributed by atoms with Crippen molar-refractivity contribution in [3.63, 3.8) is 0 Å². The van der Waals surface area contributed by atoms with Crippen LogP contribution in [0.5, 0.6) is 11.5 Å². The highest BCUT2D eigenvalue weighted by Crippen LogP contribution is 2.41. The molecule has 2 aromatic heterocycles. The molecule has 32 nitrogen and oxygen atoms in total. The molecule has 34 heteroatoms. The van der Waals surface area contributed by atoms with Crippen molar-refractivity contribution in [1.82, 2.24) is 51.0 Å². The molecule has 0 spiro atoms. The number of rotatable bonds is 21. The standard InChI is InChI=1S/C63H86N12O20S2/c1-33-30-74-53(54(33)82)59(87)65-29-40(77)27-43(66-55(83)37-10-8-36(9-11-37)44-32-75-63(67-44)96-60(71-75)38-12-14-39(15-13-38)72-21-18-42(19-22-72)94-24-6-4-5-23-93-3)56(84)68-50(34(2)76)61(88)73-31-41(78)28-45(73)57(85)69-51(58(86)70-52(62(74)89)47(80)17-20-64)48(81)25-35-7-16-46(79)49(26-35)95-97(90,91)92/h7-16,26,32-34,40-43,45,47-48,50-54,76-82,90-92H,4-6,17-25,27-31,64H2,1-3H3,(H,65,87)(H,66,83)(H,68,84)(H,69,85)(H,70,86)/t33-,34+,40+,41+,43-,45-,47+,48+,50-,51-,52-,53-,54-/m0/s1. The fourth-order valence-corrected chi connectivity index (χ4v) is 13.6. The number of hydrogen-bond acceptors (Lipinski definition) is 25. The van der Waals surface area contributed by atoms with Gasteiger partial charge in [-0.15, -0.1) is 0 Å². The number of piperidine rings is 1. The fourth-order valence-electron chi connectivity index (χ4n) is 12.3. The second kappa shape index (κ2) is 32.8. The number of benzene rings is 3. The Kier molecular flexibility index (Phi) is 24.9. The molecule has 17 N–H and O–H groups in total.